The van der Waals surface area contributed by atoms with Gasteiger partial charge in [-0.05, 0) is 51.4 Å². The van der Waals surface area contributed by atoms with Crippen LogP contribution >= 0.6 is 0 Å². The van der Waals surface area contributed by atoms with Crippen LogP contribution in [0.5, 0.6) is 0 Å². The number of ether oxygens (including phenoxy) is 1. The Kier molecular flexibility index (Phi) is 61.9. The molecule has 0 aromatic heterocycles. The van der Waals surface area contributed by atoms with Crippen LogP contribution in [-0.2, 0) is 14.3 Å². The van der Waals surface area contributed by atoms with E-state index in [0.717, 1.165) is 38.5 Å². The minimum absolute atomic E-state index is 0.0199. The lowest BCUT2D eigenvalue weighted by atomic mass is 10.0. The van der Waals surface area contributed by atoms with Crippen LogP contribution in [0, 0.1) is 0 Å². The van der Waals surface area contributed by atoms with E-state index in [0.29, 0.717) is 25.9 Å². The summed E-state index contributed by atoms with van der Waals surface area (Å²) in [6, 6.07) is -0.538. The average Bonchev–Trinajstić information content (AvgIpc) is 3.39. The van der Waals surface area contributed by atoms with Crippen molar-refractivity contribution < 1.29 is 24.5 Å². The molecule has 73 heavy (non-hydrogen) atoms. The molecule has 0 spiro atoms. The summed E-state index contributed by atoms with van der Waals surface area (Å²) in [6.07, 6.45) is 76.8. The maximum absolute atomic E-state index is 12.5. The summed E-state index contributed by atoms with van der Waals surface area (Å²) in [5.41, 5.74) is 0. The van der Waals surface area contributed by atoms with E-state index in [4.69, 9.17) is 4.74 Å². The van der Waals surface area contributed by atoms with E-state index >= 15 is 0 Å². The van der Waals surface area contributed by atoms with Gasteiger partial charge < -0.3 is 20.3 Å². The Morgan fingerprint density at radius 1 is 0.370 bits per heavy atom. The van der Waals surface area contributed by atoms with E-state index in [1.54, 1.807) is 0 Å². The lowest BCUT2D eigenvalue weighted by Crippen LogP contribution is -2.45. The first kappa shape index (κ1) is 71.6. The molecule has 0 aliphatic carbocycles. The Labute approximate surface area is 457 Å². The number of carbonyl (C=O) groups excluding carboxylic acids is 2. The summed E-state index contributed by atoms with van der Waals surface area (Å²) in [5, 5.41) is 23.2. The quantitative estimate of drug-likeness (QED) is 0.0320. The van der Waals surface area contributed by atoms with Crippen LogP contribution in [-0.4, -0.2) is 47.4 Å². The summed E-state index contributed by atoms with van der Waals surface area (Å²) in [7, 11) is 0. The highest BCUT2D eigenvalue weighted by atomic mass is 16.5. The molecular formula is C67H131NO5. The van der Waals surface area contributed by atoms with Crippen LogP contribution in [0.25, 0.3) is 0 Å². The van der Waals surface area contributed by atoms with Crippen molar-refractivity contribution in [2.75, 3.05) is 13.2 Å². The fourth-order valence-electron chi connectivity index (χ4n) is 10.7. The van der Waals surface area contributed by atoms with E-state index in [9.17, 15) is 19.8 Å². The molecule has 434 valence electrons. The summed E-state index contributed by atoms with van der Waals surface area (Å²) in [4.78, 5) is 24.5. The van der Waals surface area contributed by atoms with Gasteiger partial charge in [0.2, 0.25) is 5.91 Å². The number of esters is 1. The SMILES string of the molecule is CCCCCCCCCCCCCCCC(=O)OCCCCCCCCCCCCCC/C=C\CCCCCCCCCCCCCCCCCC(=O)NC(CO)C(O)CCCCCCCCCCCCCC. The molecule has 3 N–H and O–H groups in total. The normalized spacial score (nSPS) is 12.5. The highest BCUT2D eigenvalue weighted by molar-refractivity contribution is 5.76. The largest absolute Gasteiger partial charge is 0.466 e. The molecule has 1 amide bonds. The lowest BCUT2D eigenvalue weighted by Gasteiger charge is -2.22. The number of allylic oxidation sites excluding steroid dienone is 2. The van der Waals surface area contributed by atoms with Crippen molar-refractivity contribution in [3.63, 3.8) is 0 Å². The van der Waals surface area contributed by atoms with E-state index in [2.05, 4.69) is 31.3 Å². The molecule has 2 atom stereocenters. The van der Waals surface area contributed by atoms with Gasteiger partial charge in [0, 0.05) is 12.8 Å². The monoisotopic (exact) mass is 1030 g/mol. The molecule has 0 bridgehead atoms. The third-order valence-electron chi connectivity index (χ3n) is 15.8. The first-order valence-corrected chi connectivity index (χ1v) is 33.4. The van der Waals surface area contributed by atoms with E-state index < -0.39 is 12.1 Å². The van der Waals surface area contributed by atoms with Gasteiger partial charge in [0.05, 0.1) is 25.4 Å². The third-order valence-corrected chi connectivity index (χ3v) is 15.8. The van der Waals surface area contributed by atoms with Crippen LogP contribution < -0.4 is 5.32 Å². The molecule has 0 rings (SSSR count). The van der Waals surface area contributed by atoms with Gasteiger partial charge in [-0.3, -0.25) is 9.59 Å². The van der Waals surface area contributed by atoms with E-state index in [1.807, 2.05) is 0 Å². The Hall–Kier alpha value is -1.40. The van der Waals surface area contributed by atoms with Crippen molar-refractivity contribution in [1.29, 1.82) is 0 Å². The second-order valence-electron chi connectivity index (χ2n) is 23.2. The maximum atomic E-state index is 12.5. The number of hydrogen-bond donors (Lipinski definition) is 3. The molecule has 0 aliphatic rings. The highest BCUT2D eigenvalue weighted by Gasteiger charge is 2.20. The fourth-order valence-corrected chi connectivity index (χ4v) is 10.7. The van der Waals surface area contributed by atoms with E-state index in [1.165, 1.54) is 308 Å². The Morgan fingerprint density at radius 2 is 0.644 bits per heavy atom. The molecule has 0 aromatic carbocycles. The van der Waals surface area contributed by atoms with Crippen molar-refractivity contribution in [2.45, 2.75) is 392 Å². The smallest absolute Gasteiger partial charge is 0.305 e. The highest BCUT2D eigenvalue weighted by Crippen LogP contribution is 2.18. The fraction of sp³-hybridized carbons (Fsp3) is 0.940. The summed E-state index contributed by atoms with van der Waals surface area (Å²) >= 11 is 0. The van der Waals surface area contributed by atoms with Crippen LogP contribution in [0.2, 0.25) is 0 Å². The van der Waals surface area contributed by atoms with Crippen LogP contribution in [0.4, 0.5) is 0 Å². The molecule has 0 saturated carbocycles. The van der Waals surface area contributed by atoms with Gasteiger partial charge in [0.15, 0.2) is 0 Å². The van der Waals surface area contributed by atoms with Gasteiger partial charge in [0.1, 0.15) is 0 Å². The molecule has 0 aromatic rings. The number of aliphatic hydroxyl groups is 2. The minimum Gasteiger partial charge on any atom is -0.466 e. The number of nitrogens with one attached hydrogen (secondary N) is 1. The van der Waals surface area contributed by atoms with Crippen molar-refractivity contribution in [1.82, 2.24) is 5.32 Å². The number of amides is 1. The Bertz CT molecular complexity index is 1100. The molecule has 0 radical (unpaired) electrons. The number of rotatable bonds is 63. The number of carbonyl (C=O) groups is 2. The number of unbranched alkanes of at least 4 members (excludes halogenated alkanes) is 50. The predicted molar refractivity (Wildman–Crippen MR) is 320 cm³/mol. The predicted octanol–water partition coefficient (Wildman–Crippen LogP) is 21.2. The van der Waals surface area contributed by atoms with Crippen molar-refractivity contribution >= 4 is 11.9 Å². The molecule has 6 nitrogen and oxygen atoms in total. The molecule has 0 fully saturated rings. The number of hydrogen-bond acceptors (Lipinski definition) is 5. The zero-order valence-corrected chi connectivity index (χ0v) is 49.6. The molecule has 0 saturated heterocycles. The average molecular weight is 1030 g/mol. The van der Waals surface area contributed by atoms with Gasteiger partial charge in [-0.15, -0.1) is 0 Å². The van der Waals surface area contributed by atoms with Crippen LogP contribution in [0.3, 0.4) is 0 Å². The first-order chi connectivity index (χ1) is 36.0. The number of aliphatic hydroxyl groups excluding tert-OH is 2. The molecular weight excluding hydrogens is 899 g/mol. The van der Waals surface area contributed by atoms with Crippen molar-refractivity contribution in [2.24, 2.45) is 0 Å². The second kappa shape index (κ2) is 63.1. The molecule has 2 unspecified atom stereocenters. The van der Waals surface area contributed by atoms with Crippen LogP contribution in [0.1, 0.15) is 380 Å². The third kappa shape index (κ3) is 59.7. The standard InChI is InChI=1S/C67H131NO5/c1-3-5-7-9-11-13-15-36-41-45-49-53-57-61-67(72)73-62-58-54-50-46-42-38-35-33-31-29-27-25-23-21-19-17-18-20-22-24-26-28-30-32-34-37-40-44-48-52-56-60-66(71)68-64(63-69)65(70)59-55-51-47-43-39-16-14-12-10-8-6-4-2/h19,21,64-65,69-70H,3-18,20,22-63H2,1-2H3,(H,68,71)/b21-19-. The second-order valence-corrected chi connectivity index (χ2v) is 23.2. The van der Waals surface area contributed by atoms with Gasteiger partial charge in [-0.25, -0.2) is 0 Å². The first-order valence-electron chi connectivity index (χ1n) is 33.4. The topological polar surface area (TPSA) is 95.9 Å². The molecule has 6 heteroatoms. The zero-order valence-electron chi connectivity index (χ0n) is 49.6. The Morgan fingerprint density at radius 3 is 0.973 bits per heavy atom. The lowest BCUT2D eigenvalue weighted by molar-refractivity contribution is -0.143. The maximum Gasteiger partial charge on any atom is 0.305 e. The van der Waals surface area contributed by atoms with Crippen LogP contribution in [0.15, 0.2) is 12.2 Å². The summed E-state index contributed by atoms with van der Waals surface area (Å²) in [6.45, 7) is 4.98. The van der Waals surface area contributed by atoms with E-state index in [-0.39, 0.29) is 18.5 Å². The zero-order chi connectivity index (χ0) is 52.9. The van der Waals surface area contributed by atoms with Crippen molar-refractivity contribution in [3.8, 4) is 0 Å². The summed E-state index contributed by atoms with van der Waals surface area (Å²) in [5.74, 6) is -0.0114. The van der Waals surface area contributed by atoms with Gasteiger partial charge >= 0.3 is 5.97 Å². The van der Waals surface area contributed by atoms with Gasteiger partial charge in [-0.1, -0.05) is 328 Å². The molecule has 0 aliphatic heterocycles. The Balaban J connectivity index is 3.33. The van der Waals surface area contributed by atoms with Gasteiger partial charge in [-0.2, -0.15) is 0 Å². The van der Waals surface area contributed by atoms with Crippen molar-refractivity contribution in [3.05, 3.63) is 12.2 Å². The minimum atomic E-state index is -0.661. The summed E-state index contributed by atoms with van der Waals surface area (Å²) < 4.78 is 5.49. The molecule has 0 heterocycles. The van der Waals surface area contributed by atoms with Gasteiger partial charge in [0.25, 0.3) is 0 Å².